The number of para-hydroxylation sites is 1. The number of fused-ring (bicyclic) bond motifs is 1. The van der Waals surface area contributed by atoms with Gasteiger partial charge in [0.25, 0.3) is 0 Å². The topological polar surface area (TPSA) is 71.2 Å². The van der Waals surface area contributed by atoms with Gasteiger partial charge >= 0.3 is 5.97 Å². The van der Waals surface area contributed by atoms with Gasteiger partial charge in [0, 0.05) is 10.6 Å². The molecule has 0 spiro atoms. The number of hydrogen-bond acceptors (Lipinski definition) is 4. The van der Waals surface area contributed by atoms with Gasteiger partial charge in [0.15, 0.2) is 0 Å². The van der Waals surface area contributed by atoms with E-state index in [0.29, 0.717) is 28.1 Å². The molecule has 0 saturated carbocycles. The first-order valence-corrected chi connectivity index (χ1v) is 8.11. The Morgan fingerprint density at radius 2 is 1.88 bits per heavy atom. The highest BCUT2D eigenvalue weighted by Crippen LogP contribution is 2.31. The maximum Gasteiger partial charge on any atom is 0.337 e. The molecule has 1 aliphatic heterocycles. The molecule has 3 rings (SSSR count). The number of rotatable bonds is 2. The van der Waals surface area contributed by atoms with Crippen LogP contribution in [0.25, 0.3) is 0 Å². The van der Waals surface area contributed by atoms with Crippen LogP contribution in [-0.2, 0) is 0 Å². The minimum absolute atomic E-state index is 0.0273. The van der Waals surface area contributed by atoms with Gasteiger partial charge in [0.05, 0.1) is 16.8 Å². The molecule has 0 radical (unpaired) electrons. The SMILES string of the molecule is CC(C)(C)N=C1Oc2ccccc2C1=Nc1ccc(Cl)cc1C(=O)O. The fraction of sp³-hybridized carbons (Fsp3) is 0.211. The van der Waals surface area contributed by atoms with E-state index in [4.69, 9.17) is 16.3 Å². The average molecular weight is 357 g/mol. The minimum atomic E-state index is -1.09. The third-order valence-corrected chi connectivity index (χ3v) is 3.64. The van der Waals surface area contributed by atoms with Gasteiger partial charge in [-0.05, 0) is 51.1 Å². The second-order valence-electron chi connectivity index (χ2n) is 6.61. The molecule has 1 aliphatic rings. The number of carbonyl (C=O) groups is 1. The van der Waals surface area contributed by atoms with E-state index >= 15 is 0 Å². The van der Waals surface area contributed by atoms with Crippen molar-refractivity contribution in [2.24, 2.45) is 9.98 Å². The van der Waals surface area contributed by atoms with E-state index in [9.17, 15) is 9.90 Å². The number of nitrogens with zero attached hydrogens (tertiary/aromatic N) is 2. The first-order valence-electron chi connectivity index (χ1n) is 7.73. The number of aromatic carboxylic acids is 1. The van der Waals surface area contributed by atoms with E-state index in [1.165, 1.54) is 6.07 Å². The molecule has 0 saturated heterocycles. The molecule has 128 valence electrons. The zero-order chi connectivity index (χ0) is 18.2. The summed E-state index contributed by atoms with van der Waals surface area (Å²) in [6.45, 7) is 5.86. The summed E-state index contributed by atoms with van der Waals surface area (Å²) in [6, 6.07) is 12.0. The predicted molar refractivity (Wildman–Crippen MR) is 98.9 cm³/mol. The summed E-state index contributed by atoms with van der Waals surface area (Å²) in [4.78, 5) is 20.6. The van der Waals surface area contributed by atoms with Gasteiger partial charge in [-0.15, -0.1) is 0 Å². The molecule has 1 N–H and O–H groups in total. The van der Waals surface area contributed by atoms with Crippen LogP contribution in [0, 0.1) is 0 Å². The van der Waals surface area contributed by atoms with Crippen LogP contribution in [0.15, 0.2) is 52.4 Å². The smallest absolute Gasteiger partial charge is 0.337 e. The second-order valence-corrected chi connectivity index (χ2v) is 7.05. The summed E-state index contributed by atoms with van der Waals surface area (Å²) in [7, 11) is 0. The number of aliphatic imine (C=N–C) groups is 2. The Kier molecular flexibility index (Phi) is 4.35. The van der Waals surface area contributed by atoms with Gasteiger partial charge in [0.2, 0.25) is 5.90 Å². The number of ether oxygens (including phenoxy) is 1. The summed E-state index contributed by atoms with van der Waals surface area (Å²) >= 11 is 5.91. The second kappa shape index (κ2) is 6.33. The van der Waals surface area contributed by atoms with Crippen LogP contribution in [0.2, 0.25) is 5.02 Å². The highest BCUT2D eigenvalue weighted by molar-refractivity contribution is 6.49. The molecule has 0 bridgehead atoms. The highest BCUT2D eigenvalue weighted by Gasteiger charge is 2.29. The largest absolute Gasteiger partial charge is 0.478 e. The van der Waals surface area contributed by atoms with Crippen molar-refractivity contribution in [3.63, 3.8) is 0 Å². The quantitative estimate of drug-likeness (QED) is 0.844. The lowest BCUT2D eigenvalue weighted by Crippen LogP contribution is -2.21. The molecule has 0 fully saturated rings. The van der Waals surface area contributed by atoms with E-state index in [0.717, 1.165) is 5.56 Å². The molecule has 0 atom stereocenters. The number of benzene rings is 2. The Bertz CT molecular complexity index is 911. The van der Waals surface area contributed by atoms with E-state index < -0.39 is 5.97 Å². The van der Waals surface area contributed by atoms with E-state index in [1.54, 1.807) is 12.1 Å². The molecule has 25 heavy (non-hydrogen) atoms. The Morgan fingerprint density at radius 1 is 1.16 bits per heavy atom. The fourth-order valence-corrected chi connectivity index (χ4v) is 2.58. The molecule has 2 aromatic rings. The van der Waals surface area contributed by atoms with E-state index in [-0.39, 0.29) is 11.1 Å². The van der Waals surface area contributed by atoms with Gasteiger partial charge in [-0.2, -0.15) is 0 Å². The lowest BCUT2D eigenvalue weighted by Gasteiger charge is -2.13. The Labute approximate surface area is 150 Å². The molecule has 2 aromatic carbocycles. The molecule has 0 aromatic heterocycles. The molecule has 0 aliphatic carbocycles. The summed E-state index contributed by atoms with van der Waals surface area (Å²) in [5.74, 6) is -0.0709. The van der Waals surface area contributed by atoms with E-state index in [2.05, 4.69) is 9.98 Å². The monoisotopic (exact) mass is 356 g/mol. The van der Waals surface area contributed by atoms with Crippen LogP contribution < -0.4 is 4.74 Å². The zero-order valence-corrected chi connectivity index (χ0v) is 14.8. The fourth-order valence-electron chi connectivity index (χ4n) is 2.40. The van der Waals surface area contributed by atoms with E-state index in [1.807, 2.05) is 45.0 Å². The van der Waals surface area contributed by atoms with Crippen LogP contribution in [0.5, 0.6) is 5.75 Å². The van der Waals surface area contributed by atoms with Crippen molar-refractivity contribution >= 4 is 34.9 Å². The minimum Gasteiger partial charge on any atom is -0.478 e. The van der Waals surface area contributed by atoms with Crippen molar-refractivity contribution in [3.05, 3.63) is 58.6 Å². The Balaban J connectivity index is 2.20. The maximum atomic E-state index is 11.5. The van der Waals surface area contributed by atoms with Gasteiger partial charge in [0.1, 0.15) is 11.5 Å². The summed E-state index contributed by atoms with van der Waals surface area (Å²) in [6.07, 6.45) is 0. The first-order chi connectivity index (χ1) is 11.7. The van der Waals surface area contributed by atoms with Crippen molar-refractivity contribution in [3.8, 4) is 5.75 Å². The van der Waals surface area contributed by atoms with Crippen molar-refractivity contribution in [1.82, 2.24) is 0 Å². The number of halogens is 1. The number of carboxylic acids is 1. The van der Waals surface area contributed by atoms with Crippen LogP contribution >= 0.6 is 11.6 Å². The zero-order valence-electron chi connectivity index (χ0n) is 14.1. The van der Waals surface area contributed by atoms with Gasteiger partial charge in [-0.3, -0.25) is 0 Å². The third kappa shape index (κ3) is 3.72. The Morgan fingerprint density at radius 3 is 2.56 bits per heavy atom. The third-order valence-electron chi connectivity index (χ3n) is 3.41. The summed E-state index contributed by atoms with van der Waals surface area (Å²) < 4.78 is 5.84. The highest BCUT2D eigenvalue weighted by atomic mass is 35.5. The van der Waals surface area contributed by atoms with Crippen molar-refractivity contribution in [2.45, 2.75) is 26.3 Å². The van der Waals surface area contributed by atoms with Gasteiger partial charge in [-0.25, -0.2) is 14.8 Å². The number of hydrogen-bond donors (Lipinski definition) is 1. The molecule has 0 amide bonds. The van der Waals surface area contributed by atoms with Crippen LogP contribution in [0.1, 0.15) is 36.7 Å². The standard InChI is InChI=1S/C19H17ClN2O3/c1-19(2,3)22-17-16(12-6-4-5-7-15(12)25-17)21-14-9-8-11(20)10-13(14)18(23)24/h4-10H,1-3H3,(H,23,24). The lowest BCUT2D eigenvalue weighted by molar-refractivity contribution is 0.0698. The Hall–Kier alpha value is -2.66. The van der Waals surface area contributed by atoms with Crippen molar-refractivity contribution in [2.75, 3.05) is 0 Å². The summed E-state index contributed by atoms with van der Waals surface area (Å²) in [5.41, 5.74) is 1.24. The number of carboxylic acid groups (broad SMARTS) is 1. The van der Waals surface area contributed by atoms with Crippen molar-refractivity contribution < 1.29 is 14.6 Å². The maximum absolute atomic E-state index is 11.5. The predicted octanol–water partition coefficient (Wildman–Crippen LogP) is 4.75. The molecule has 5 nitrogen and oxygen atoms in total. The summed E-state index contributed by atoms with van der Waals surface area (Å²) in [5, 5.41) is 9.76. The molecular formula is C19H17ClN2O3. The molecular weight excluding hydrogens is 340 g/mol. The molecule has 1 heterocycles. The van der Waals surface area contributed by atoms with Crippen molar-refractivity contribution in [1.29, 1.82) is 0 Å². The molecule has 6 heteroatoms. The van der Waals surface area contributed by atoms with Crippen LogP contribution in [0.3, 0.4) is 0 Å². The van der Waals surface area contributed by atoms with Crippen LogP contribution in [0.4, 0.5) is 5.69 Å². The average Bonchev–Trinajstić information content (AvgIpc) is 2.84. The van der Waals surface area contributed by atoms with Gasteiger partial charge < -0.3 is 9.84 Å². The normalized spacial score (nSPS) is 16.8. The lowest BCUT2D eigenvalue weighted by atomic mass is 10.1. The first kappa shape index (κ1) is 17.2. The van der Waals surface area contributed by atoms with Crippen LogP contribution in [-0.4, -0.2) is 28.2 Å². The molecule has 0 unspecified atom stereocenters. The van der Waals surface area contributed by atoms with Gasteiger partial charge in [-0.1, -0.05) is 23.7 Å².